The van der Waals surface area contributed by atoms with E-state index < -0.39 is 0 Å². The molecule has 0 bridgehead atoms. The van der Waals surface area contributed by atoms with Gasteiger partial charge in [0.1, 0.15) is 0 Å². The molecule has 0 amide bonds. The predicted molar refractivity (Wildman–Crippen MR) is 108 cm³/mol. The van der Waals surface area contributed by atoms with Crippen LogP contribution in [-0.2, 0) is 0 Å². The van der Waals surface area contributed by atoms with Crippen LogP contribution in [0.3, 0.4) is 0 Å². The van der Waals surface area contributed by atoms with Gasteiger partial charge in [0.15, 0.2) is 0 Å². The Morgan fingerprint density at radius 3 is 2.56 bits per heavy atom. The molecule has 25 heavy (non-hydrogen) atoms. The molecule has 136 valence electrons. The largest absolute Gasteiger partial charge is 0.398 e. The minimum Gasteiger partial charge on any atom is -0.398 e. The van der Waals surface area contributed by atoms with Crippen LogP contribution in [0.1, 0.15) is 51.1 Å². The molecule has 3 rings (SSSR count). The van der Waals surface area contributed by atoms with Crippen molar-refractivity contribution in [3.63, 3.8) is 0 Å². The van der Waals surface area contributed by atoms with E-state index in [1.165, 1.54) is 25.7 Å². The van der Waals surface area contributed by atoms with Gasteiger partial charge in [-0.25, -0.2) is 0 Å². The Labute approximate surface area is 151 Å². The summed E-state index contributed by atoms with van der Waals surface area (Å²) in [4.78, 5) is 0. The van der Waals surface area contributed by atoms with Crippen LogP contribution in [0, 0.1) is 10.8 Å². The lowest BCUT2D eigenvalue weighted by Gasteiger charge is -2.28. The first-order valence-electron chi connectivity index (χ1n) is 9.09. The van der Waals surface area contributed by atoms with Crippen LogP contribution >= 0.6 is 0 Å². The summed E-state index contributed by atoms with van der Waals surface area (Å²) in [6.45, 7) is 7.95. The maximum Gasteiger partial charge on any atom is 0.0468 e. The molecule has 0 radical (unpaired) electrons. The highest BCUT2D eigenvalue weighted by molar-refractivity contribution is 5.48. The topological polar surface area (TPSA) is 87.9 Å². The van der Waals surface area contributed by atoms with Gasteiger partial charge in [0.2, 0.25) is 0 Å². The van der Waals surface area contributed by atoms with Crippen molar-refractivity contribution in [2.45, 2.75) is 51.6 Å². The third kappa shape index (κ3) is 4.39. The SMILES string of the molecule is C=N.CC1=C(C2(CNC(C)C(N)c3ccccc3N)CC2)C=CCC1. The number of anilines is 1. The van der Waals surface area contributed by atoms with Crippen LogP contribution in [-0.4, -0.2) is 19.3 Å². The number of rotatable bonds is 6. The Morgan fingerprint density at radius 2 is 1.96 bits per heavy atom. The highest BCUT2D eigenvalue weighted by atomic mass is 15.0. The Kier molecular flexibility index (Phi) is 6.57. The summed E-state index contributed by atoms with van der Waals surface area (Å²) in [6, 6.07) is 8.02. The molecule has 1 saturated carbocycles. The van der Waals surface area contributed by atoms with E-state index in [-0.39, 0.29) is 12.1 Å². The summed E-state index contributed by atoms with van der Waals surface area (Å²) in [6.07, 6.45) is 9.64. The monoisotopic (exact) mass is 340 g/mol. The average Bonchev–Trinajstić information content (AvgIpc) is 3.42. The van der Waals surface area contributed by atoms with Crippen LogP contribution in [0.5, 0.6) is 0 Å². The Morgan fingerprint density at radius 1 is 1.28 bits per heavy atom. The lowest BCUT2D eigenvalue weighted by atomic mass is 9.86. The summed E-state index contributed by atoms with van der Waals surface area (Å²) in [5.74, 6) is 0. The predicted octanol–water partition coefficient (Wildman–Crippen LogP) is 3.96. The number of para-hydroxylation sites is 1. The van der Waals surface area contributed by atoms with Crippen LogP contribution in [0.4, 0.5) is 5.69 Å². The van der Waals surface area contributed by atoms with E-state index in [1.54, 1.807) is 11.1 Å². The van der Waals surface area contributed by atoms with Gasteiger partial charge in [0, 0.05) is 29.7 Å². The smallest absolute Gasteiger partial charge is 0.0468 e. The van der Waals surface area contributed by atoms with Gasteiger partial charge in [-0.2, -0.15) is 0 Å². The fraction of sp³-hybridized carbons (Fsp3) is 0.476. The zero-order chi connectivity index (χ0) is 18.4. The summed E-state index contributed by atoms with van der Waals surface area (Å²) >= 11 is 0. The third-order valence-corrected chi connectivity index (χ3v) is 5.51. The molecule has 6 N–H and O–H groups in total. The molecule has 2 aliphatic carbocycles. The van der Waals surface area contributed by atoms with Crippen molar-refractivity contribution in [1.82, 2.24) is 5.32 Å². The van der Waals surface area contributed by atoms with E-state index >= 15 is 0 Å². The number of nitrogens with one attached hydrogen (secondary N) is 2. The van der Waals surface area contributed by atoms with Gasteiger partial charge in [-0.15, -0.1) is 0 Å². The molecular formula is C21H32N4. The fourth-order valence-electron chi connectivity index (χ4n) is 3.67. The van der Waals surface area contributed by atoms with Crippen molar-refractivity contribution in [2.24, 2.45) is 11.1 Å². The number of benzene rings is 1. The maximum absolute atomic E-state index is 6.43. The first-order chi connectivity index (χ1) is 12.0. The number of hydrogen-bond donors (Lipinski definition) is 4. The quantitative estimate of drug-likeness (QED) is 0.467. The molecule has 0 aromatic heterocycles. The van der Waals surface area contributed by atoms with Crippen molar-refractivity contribution in [3.05, 3.63) is 53.1 Å². The van der Waals surface area contributed by atoms with E-state index in [0.717, 1.165) is 17.8 Å². The zero-order valence-electron chi connectivity index (χ0n) is 15.5. The number of nitrogen functional groups attached to an aromatic ring is 1. The molecule has 0 spiro atoms. The molecule has 2 unspecified atom stereocenters. The minimum atomic E-state index is -0.0797. The first kappa shape index (κ1) is 19.4. The molecule has 1 aromatic rings. The molecule has 0 heterocycles. The van der Waals surface area contributed by atoms with Gasteiger partial charge in [-0.05, 0) is 63.5 Å². The first-order valence-corrected chi connectivity index (χ1v) is 9.09. The zero-order valence-corrected chi connectivity index (χ0v) is 15.5. The van der Waals surface area contributed by atoms with E-state index in [9.17, 15) is 0 Å². The van der Waals surface area contributed by atoms with Crippen molar-refractivity contribution in [2.75, 3.05) is 12.3 Å². The van der Waals surface area contributed by atoms with E-state index in [0.29, 0.717) is 5.41 Å². The molecular weight excluding hydrogens is 308 g/mol. The molecule has 1 fully saturated rings. The second-order valence-corrected chi connectivity index (χ2v) is 7.24. The minimum absolute atomic E-state index is 0.0797. The highest BCUT2D eigenvalue weighted by Gasteiger charge is 2.45. The maximum atomic E-state index is 6.43. The highest BCUT2D eigenvalue weighted by Crippen LogP contribution is 2.54. The lowest BCUT2D eigenvalue weighted by molar-refractivity contribution is 0.421. The second-order valence-electron chi connectivity index (χ2n) is 7.24. The number of nitrogens with two attached hydrogens (primary N) is 2. The lowest BCUT2D eigenvalue weighted by Crippen LogP contribution is -2.40. The molecule has 1 aromatic carbocycles. The van der Waals surface area contributed by atoms with E-state index in [1.807, 2.05) is 24.3 Å². The Hall–Kier alpha value is -1.91. The van der Waals surface area contributed by atoms with Crippen LogP contribution < -0.4 is 16.8 Å². The summed E-state index contributed by atoms with van der Waals surface area (Å²) < 4.78 is 0. The molecule has 4 nitrogen and oxygen atoms in total. The van der Waals surface area contributed by atoms with Crippen molar-refractivity contribution in [1.29, 1.82) is 5.41 Å². The number of hydrogen-bond acceptors (Lipinski definition) is 4. The van der Waals surface area contributed by atoms with Crippen molar-refractivity contribution >= 4 is 12.4 Å². The Bertz CT molecular complexity index is 643. The second kappa shape index (κ2) is 8.45. The normalized spacial score (nSPS) is 20.4. The summed E-state index contributed by atoms with van der Waals surface area (Å²) in [7, 11) is 0. The molecule has 2 aliphatic rings. The van der Waals surface area contributed by atoms with Gasteiger partial charge in [0.05, 0.1) is 0 Å². The standard InChI is InChI=1S/C20H29N3.CH3N/c1-14-7-3-5-9-17(14)20(11-12-20)13-23-15(2)19(22)16-8-4-6-10-18(16)21;1-2/h4-6,8-10,15,19,23H,3,7,11-13,21-22H2,1-2H3;2H,1H2. The van der Waals surface area contributed by atoms with Gasteiger partial charge in [0.25, 0.3) is 0 Å². The summed E-state index contributed by atoms with van der Waals surface area (Å²) in [5.41, 5.74) is 17.8. The van der Waals surface area contributed by atoms with Crippen molar-refractivity contribution in [3.8, 4) is 0 Å². The molecule has 2 atom stereocenters. The Balaban J connectivity index is 0.00000109. The van der Waals surface area contributed by atoms with Crippen LogP contribution in [0.15, 0.2) is 47.6 Å². The van der Waals surface area contributed by atoms with Crippen molar-refractivity contribution < 1.29 is 0 Å². The van der Waals surface area contributed by atoms with Gasteiger partial charge in [-0.3, -0.25) is 0 Å². The molecule has 0 saturated heterocycles. The van der Waals surface area contributed by atoms with E-state index in [2.05, 4.69) is 38.0 Å². The van der Waals surface area contributed by atoms with E-state index in [4.69, 9.17) is 16.9 Å². The molecule has 4 heteroatoms. The molecule has 0 aliphatic heterocycles. The van der Waals surface area contributed by atoms with Gasteiger partial charge in [-0.1, -0.05) is 35.9 Å². The van der Waals surface area contributed by atoms with Crippen LogP contribution in [0.25, 0.3) is 0 Å². The summed E-state index contributed by atoms with van der Waals surface area (Å²) in [5, 5.41) is 9.18. The van der Waals surface area contributed by atoms with Gasteiger partial charge < -0.3 is 22.2 Å². The average molecular weight is 341 g/mol. The third-order valence-electron chi connectivity index (χ3n) is 5.51. The number of allylic oxidation sites excluding steroid dienone is 3. The fourth-order valence-corrected chi connectivity index (χ4v) is 3.67. The van der Waals surface area contributed by atoms with Crippen LogP contribution in [0.2, 0.25) is 0 Å². The van der Waals surface area contributed by atoms with Gasteiger partial charge >= 0.3 is 0 Å².